The Bertz CT molecular complexity index is 925. The number of methoxy groups -OCH3 is 2. The third-order valence-electron chi connectivity index (χ3n) is 5.31. The normalized spacial score (nSPS) is 17.4. The van der Waals surface area contributed by atoms with Crippen molar-refractivity contribution in [3.8, 4) is 11.5 Å². The highest BCUT2D eigenvalue weighted by molar-refractivity contribution is 6.30. The second-order valence-electron chi connectivity index (χ2n) is 8.49. The maximum Gasteiger partial charge on any atom is 0.228 e. The molecule has 7 heteroatoms. The van der Waals surface area contributed by atoms with Crippen LogP contribution < -0.4 is 25.8 Å². The molecule has 32 heavy (non-hydrogen) atoms. The lowest BCUT2D eigenvalue weighted by molar-refractivity contribution is -0.123. The van der Waals surface area contributed by atoms with Crippen LogP contribution >= 0.6 is 11.6 Å². The fraction of sp³-hybridized carbons (Fsp3) is 0.480. The van der Waals surface area contributed by atoms with Crippen molar-refractivity contribution >= 4 is 23.2 Å². The van der Waals surface area contributed by atoms with Crippen LogP contribution in [0.3, 0.4) is 0 Å². The molecule has 0 fully saturated rings. The fourth-order valence-electron chi connectivity index (χ4n) is 4.04. The topological polar surface area (TPSA) is 85.6 Å². The van der Waals surface area contributed by atoms with Crippen molar-refractivity contribution in [1.82, 2.24) is 10.6 Å². The molecular weight excluding hydrogens is 426 g/mol. The summed E-state index contributed by atoms with van der Waals surface area (Å²) in [5.74, 6) is 0.933. The Labute approximate surface area is 196 Å². The lowest BCUT2D eigenvalue weighted by atomic mass is 9.81. The van der Waals surface area contributed by atoms with Gasteiger partial charge in [0.2, 0.25) is 5.91 Å². The summed E-state index contributed by atoms with van der Waals surface area (Å²) in [6.45, 7) is 10.6. The van der Waals surface area contributed by atoms with E-state index in [1.54, 1.807) is 32.4 Å². The van der Waals surface area contributed by atoms with E-state index in [0.717, 1.165) is 16.7 Å². The highest BCUT2D eigenvalue weighted by Crippen LogP contribution is 2.43. The quantitative estimate of drug-likeness (QED) is 0.524. The maximum atomic E-state index is 12.7. The van der Waals surface area contributed by atoms with Gasteiger partial charge >= 0.3 is 0 Å². The summed E-state index contributed by atoms with van der Waals surface area (Å²) in [6.07, 6.45) is 0.687. The van der Waals surface area contributed by atoms with E-state index in [9.17, 15) is 4.79 Å². The number of nitrogen functional groups attached to an aromatic ring is 1. The number of carbonyl (C=O) groups is 1. The molecule has 0 aromatic heterocycles. The molecule has 6 nitrogen and oxygen atoms in total. The van der Waals surface area contributed by atoms with E-state index in [-0.39, 0.29) is 17.9 Å². The number of halogens is 1. The molecule has 2 unspecified atom stereocenters. The molecule has 1 heterocycles. The average Bonchev–Trinajstić information content (AvgIpc) is 2.73. The molecule has 3 rings (SSSR count). The molecule has 2 aromatic rings. The number of ether oxygens (including phenoxy) is 2. The Morgan fingerprint density at radius 2 is 1.56 bits per heavy atom. The van der Waals surface area contributed by atoms with Crippen molar-refractivity contribution in [3.05, 3.63) is 52.0 Å². The minimum absolute atomic E-state index is 0.0356. The van der Waals surface area contributed by atoms with Gasteiger partial charge in [-0.1, -0.05) is 46.2 Å². The van der Waals surface area contributed by atoms with Gasteiger partial charge in [-0.2, -0.15) is 0 Å². The van der Waals surface area contributed by atoms with Gasteiger partial charge in [0.15, 0.2) is 11.5 Å². The zero-order chi connectivity index (χ0) is 24.0. The highest BCUT2D eigenvalue weighted by atomic mass is 35.5. The predicted octanol–water partition coefficient (Wildman–Crippen LogP) is 5.05. The van der Waals surface area contributed by atoms with Gasteiger partial charge in [0.25, 0.3) is 0 Å². The summed E-state index contributed by atoms with van der Waals surface area (Å²) in [4.78, 5) is 12.7. The molecular formula is C25H36ClN3O3. The second-order valence-corrected chi connectivity index (χ2v) is 8.92. The molecule has 1 amide bonds. The molecule has 0 saturated carbocycles. The van der Waals surface area contributed by atoms with Gasteiger partial charge in [0.1, 0.15) is 0 Å². The largest absolute Gasteiger partial charge is 0.493 e. The van der Waals surface area contributed by atoms with Crippen LogP contribution in [0.15, 0.2) is 30.3 Å². The number of fused-ring (bicyclic) bond motifs is 1. The molecule has 0 saturated heterocycles. The molecule has 0 spiro atoms. The summed E-state index contributed by atoms with van der Waals surface area (Å²) in [7, 11) is 3.17. The molecule has 1 aliphatic heterocycles. The number of nitrogens with two attached hydrogens (primary N) is 1. The van der Waals surface area contributed by atoms with Crippen LogP contribution in [0.1, 0.15) is 69.7 Å². The molecule has 0 radical (unpaired) electrons. The van der Waals surface area contributed by atoms with Crippen molar-refractivity contribution in [3.63, 3.8) is 0 Å². The van der Waals surface area contributed by atoms with Crippen LogP contribution in [0, 0.1) is 0 Å². The number of hydrogen-bond donors (Lipinski definition) is 3. The van der Waals surface area contributed by atoms with Crippen LogP contribution in [-0.2, 0) is 4.79 Å². The molecule has 2 atom stereocenters. The zero-order valence-corrected chi connectivity index (χ0v) is 20.8. The van der Waals surface area contributed by atoms with Crippen molar-refractivity contribution < 1.29 is 14.3 Å². The van der Waals surface area contributed by atoms with Crippen molar-refractivity contribution in [2.75, 3.05) is 20.0 Å². The number of amides is 1. The van der Waals surface area contributed by atoms with Crippen LogP contribution in [-0.4, -0.2) is 32.2 Å². The zero-order valence-electron chi connectivity index (χ0n) is 20.1. The Hall–Kier alpha value is -2.44. The first-order valence-corrected chi connectivity index (χ1v) is 11.4. The minimum atomic E-state index is -0.385. The van der Waals surface area contributed by atoms with Gasteiger partial charge in [0, 0.05) is 28.4 Å². The number of nitrogens with one attached hydrogen (secondary N) is 2. The third kappa shape index (κ3) is 6.08. The summed E-state index contributed by atoms with van der Waals surface area (Å²) in [5, 5.41) is 6.95. The number of carbonyl (C=O) groups excluding carboxylic acids is 1. The van der Waals surface area contributed by atoms with Crippen LogP contribution in [0.25, 0.3) is 0 Å². The highest BCUT2D eigenvalue weighted by Gasteiger charge is 2.35. The van der Waals surface area contributed by atoms with Crippen LogP contribution in [0.2, 0.25) is 5.02 Å². The number of anilines is 1. The molecule has 1 aliphatic rings. The average molecular weight is 462 g/mol. The molecule has 4 N–H and O–H groups in total. The van der Waals surface area contributed by atoms with Gasteiger partial charge < -0.3 is 25.8 Å². The van der Waals surface area contributed by atoms with Gasteiger partial charge in [-0.05, 0) is 47.9 Å². The third-order valence-corrected chi connectivity index (χ3v) is 5.55. The lowest BCUT2D eigenvalue weighted by Crippen LogP contribution is -2.39. The Kier molecular flexibility index (Phi) is 9.22. The summed E-state index contributed by atoms with van der Waals surface area (Å²) in [6, 6.07) is 9.92. The predicted molar refractivity (Wildman–Crippen MR) is 132 cm³/mol. The number of hydrogen-bond acceptors (Lipinski definition) is 5. The fourth-order valence-corrected chi connectivity index (χ4v) is 4.22. The smallest absolute Gasteiger partial charge is 0.228 e. The lowest BCUT2D eigenvalue weighted by Gasteiger charge is -2.33. The number of benzene rings is 2. The van der Waals surface area contributed by atoms with E-state index < -0.39 is 0 Å². The minimum Gasteiger partial charge on any atom is -0.493 e. The Morgan fingerprint density at radius 1 is 1.00 bits per heavy atom. The molecule has 0 bridgehead atoms. The standard InChI is InChI=1S/C19H21ClN2O3.C6H15N/c1-4-11-12-8-16(24-2)17(25-3)9-13(12)18(22-19(11)23)14-7-10(20)5-6-15(14)21;1-5(2)7-6(3)4/h5-9,11,18H,4,21H2,1-3H3,(H,22,23);5-7H,1-4H3. The summed E-state index contributed by atoms with van der Waals surface area (Å²) < 4.78 is 10.9. The second kappa shape index (κ2) is 11.4. The molecule has 0 aliphatic carbocycles. The van der Waals surface area contributed by atoms with E-state index in [4.69, 9.17) is 26.8 Å². The first-order valence-electron chi connectivity index (χ1n) is 11.0. The van der Waals surface area contributed by atoms with Gasteiger partial charge in [-0.25, -0.2) is 0 Å². The van der Waals surface area contributed by atoms with Crippen LogP contribution in [0.4, 0.5) is 5.69 Å². The summed E-state index contributed by atoms with van der Waals surface area (Å²) >= 11 is 6.15. The van der Waals surface area contributed by atoms with Crippen molar-refractivity contribution in [2.24, 2.45) is 0 Å². The first-order chi connectivity index (χ1) is 15.1. The van der Waals surface area contributed by atoms with Gasteiger partial charge in [0.05, 0.1) is 26.2 Å². The van der Waals surface area contributed by atoms with Crippen molar-refractivity contribution in [2.45, 2.75) is 65.1 Å². The van der Waals surface area contributed by atoms with E-state index in [0.29, 0.717) is 40.7 Å². The Morgan fingerprint density at radius 3 is 2.03 bits per heavy atom. The van der Waals surface area contributed by atoms with Gasteiger partial charge in [-0.3, -0.25) is 4.79 Å². The van der Waals surface area contributed by atoms with Crippen molar-refractivity contribution in [1.29, 1.82) is 0 Å². The molecule has 176 valence electrons. The summed E-state index contributed by atoms with van der Waals surface area (Å²) in [5.41, 5.74) is 9.36. The van der Waals surface area contributed by atoms with E-state index in [1.807, 2.05) is 19.1 Å². The monoisotopic (exact) mass is 461 g/mol. The molecule has 2 aromatic carbocycles. The van der Waals surface area contributed by atoms with E-state index in [1.165, 1.54) is 0 Å². The number of rotatable bonds is 6. The van der Waals surface area contributed by atoms with Crippen LogP contribution in [0.5, 0.6) is 11.5 Å². The Balaban J connectivity index is 0.000000451. The van der Waals surface area contributed by atoms with Gasteiger partial charge in [-0.15, -0.1) is 0 Å². The maximum absolute atomic E-state index is 12.7. The van der Waals surface area contributed by atoms with E-state index in [2.05, 4.69) is 38.3 Å². The van der Waals surface area contributed by atoms with E-state index >= 15 is 0 Å². The SMILES string of the molecule is CC(C)NC(C)C.CCC1C(=O)NC(c2cc(Cl)ccc2N)c2cc(OC)c(OC)cc21. The first kappa shape index (κ1) is 25.8.